The lowest BCUT2D eigenvalue weighted by Gasteiger charge is -2.18. The summed E-state index contributed by atoms with van der Waals surface area (Å²) in [5, 5.41) is 1.21. The summed E-state index contributed by atoms with van der Waals surface area (Å²) in [5.41, 5.74) is 2.82. The molecule has 20 heavy (non-hydrogen) atoms. The van der Waals surface area contributed by atoms with Crippen LogP contribution >= 0.6 is 11.3 Å². The summed E-state index contributed by atoms with van der Waals surface area (Å²) in [6, 6.07) is 0. The molecule has 0 spiro atoms. The Morgan fingerprint density at radius 1 is 1.55 bits per heavy atom. The zero-order valence-corrected chi connectivity index (χ0v) is 13.2. The molecule has 0 radical (unpaired) electrons. The minimum atomic E-state index is -3.08. The van der Waals surface area contributed by atoms with E-state index in [-0.39, 0.29) is 24.0 Å². The Balaban J connectivity index is 1.81. The van der Waals surface area contributed by atoms with Crippen molar-refractivity contribution in [1.29, 1.82) is 0 Å². The summed E-state index contributed by atoms with van der Waals surface area (Å²) in [6.07, 6.45) is 2.67. The predicted octanol–water partition coefficient (Wildman–Crippen LogP) is 1.40. The molecule has 0 saturated heterocycles. The predicted molar refractivity (Wildman–Crippen MR) is 79.2 cm³/mol. The lowest BCUT2D eigenvalue weighted by atomic mass is 10.1. The van der Waals surface area contributed by atoms with Crippen LogP contribution in [0.3, 0.4) is 0 Å². The number of aromatic nitrogens is 1. The van der Waals surface area contributed by atoms with E-state index < -0.39 is 9.84 Å². The highest BCUT2D eigenvalue weighted by Crippen LogP contribution is 2.19. The van der Waals surface area contributed by atoms with Gasteiger partial charge in [-0.2, -0.15) is 0 Å². The number of amides is 1. The molecule has 0 aromatic carbocycles. The summed E-state index contributed by atoms with van der Waals surface area (Å²) in [7, 11) is -1.32. The van der Waals surface area contributed by atoms with Gasteiger partial charge in [-0.1, -0.05) is 6.08 Å². The van der Waals surface area contributed by atoms with E-state index in [9.17, 15) is 13.2 Å². The fourth-order valence-electron chi connectivity index (χ4n) is 2.11. The minimum absolute atomic E-state index is 0.0149. The number of allylic oxidation sites excluding steroid dienone is 1. The smallest absolute Gasteiger partial charge is 0.222 e. The van der Waals surface area contributed by atoms with E-state index >= 15 is 0 Å². The molecule has 0 unspecified atom stereocenters. The van der Waals surface area contributed by atoms with Crippen LogP contribution in [-0.2, 0) is 21.1 Å². The van der Waals surface area contributed by atoms with Gasteiger partial charge in [-0.25, -0.2) is 13.4 Å². The molecular formula is C13H18N2O3S2. The van der Waals surface area contributed by atoms with Crippen LogP contribution in [-0.4, -0.2) is 43.6 Å². The summed E-state index contributed by atoms with van der Waals surface area (Å²) in [6.45, 7) is 2.59. The molecule has 1 aromatic rings. The second kappa shape index (κ2) is 6.05. The standard InChI is InChI=1S/C13H18N2O3S2/c1-10-12(19-9-14-10)3-5-15(2)13(16)7-11-4-6-20(17,18)8-11/h4,6,9,11H,3,5,7-8H2,1-2H3/t11-/m0/s1. The zero-order chi connectivity index (χ0) is 14.8. The first-order chi connectivity index (χ1) is 9.37. The molecule has 110 valence electrons. The number of nitrogens with zero attached hydrogens (tertiary/aromatic N) is 2. The third-order valence-electron chi connectivity index (χ3n) is 3.39. The van der Waals surface area contributed by atoms with Crippen LogP contribution in [0.4, 0.5) is 0 Å². The molecule has 1 atom stereocenters. The van der Waals surface area contributed by atoms with E-state index in [1.165, 1.54) is 10.3 Å². The molecule has 7 heteroatoms. The molecule has 0 saturated carbocycles. The van der Waals surface area contributed by atoms with Crippen molar-refractivity contribution < 1.29 is 13.2 Å². The van der Waals surface area contributed by atoms with Crippen molar-refractivity contribution in [1.82, 2.24) is 9.88 Å². The third kappa shape index (κ3) is 3.89. The number of likely N-dealkylation sites (N-methyl/N-ethyl adjacent to an activating group) is 1. The molecule has 5 nitrogen and oxygen atoms in total. The Labute approximate surface area is 123 Å². The first-order valence-corrected chi connectivity index (χ1v) is 9.01. The summed E-state index contributed by atoms with van der Waals surface area (Å²) >= 11 is 1.60. The van der Waals surface area contributed by atoms with Gasteiger partial charge in [-0.15, -0.1) is 11.3 Å². The maximum atomic E-state index is 12.0. The largest absolute Gasteiger partial charge is 0.345 e. The highest BCUT2D eigenvalue weighted by Gasteiger charge is 2.25. The molecule has 0 N–H and O–H groups in total. The van der Waals surface area contributed by atoms with E-state index in [4.69, 9.17) is 0 Å². The van der Waals surface area contributed by atoms with Gasteiger partial charge >= 0.3 is 0 Å². The number of sulfone groups is 1. The van der Waals surface area contributed by atoms with Gasteiger partial charge in [0.15, 0.2) is 9.84 Å². The molecule has 1 aliphatic heterocycles. The lowest BCUT2D eigenvalue weighted by Crippen LogP contribution is -2.30. The van der Waals surface area contributed by atoms with Gasteiger partial charge < -0.3 is 4.90 Å². The van der Waals surface area contributed by atoms with Gasteiger partial charge in [0.1, 0.15) is 0 Å². The Kier molecular flexibility index (Phi) is 4.59. The topological polar surface area (TPSA) is 67.3 Å². The van der Waals surface area contributed by atoms with Crippen LogP contribution in [0.15, 0.2) is 17.0 Å². The molecule has 2 rings (SSSR count). The molecular weight excluding hydrogens is 296 g/mol. The molecule has 1 aromatic heterocycles. The highest BCUT2D eigenvalue weighted by atomic mass is 32.2. The SMILES string of the molecule is Cc1ncsc1CCN(C)C(=O)C[C@@H]1C=CS(=O)(=O)C1. The summed E-state index contributed by atoms with van der Waals surface area (Å²) in [4.78, 5) is 19.1. The number of carbonyl (C=O) groups excluding carboxylic acids is 1. The Hall–Kier alpha value is -1.21. The maximum absolute atomic E-state index is 12.0. The van der Waals surface area contributed by atoms with E-state index in [0.717, 1.165) is 12.1 Å². The zero-order valence-electron chi connectivity index (χ0n) is 11.6. The van der Waals surface area contributed by atoms with Crippen molar-refractivity contribution in [2.45, 2.75) is 19.8 Å². The van der Waals surface area contributed by atoms with E-state index in [1.807, 2.05) is 6.92 Å². The highest BCUT2D eigenvalue weighted by molar-refractivity contribution is 7.94. The van der Waals surface area contributed by atoms with Gasteiger partial charge in [0, 0.05) is 42.6 Å². The molecule has 1 amide bonds. The number of thiazole rings is 1. The fraction of sp³-hybridized carbons (Fsp3) is 0.538. The van der Waals surface area contributed by atoms with Crippen LogP contribution in [0.1, 0.15) is 17.0 Å². The molecule has 0 fully saturated rings. The Bertz CT molecular complexity index is 619. The number of aryl methyl sites for hydroxylation is 1. The van der Waals surface area contributed by atoms with Crippen molar-refractivity contribution in [2.75, 3.05) is 19.3 Å². The first-order valence-electron chi connectivity index (χ1n) is 6.41. The van der Waals surface area contributed by atoms with Crippen LogP contribution in [0, 0.1) is 12.8 Å². The molecule has 0 aliphatic carbocycles. The fourth-order valence-corrected chi connectivity index (χ4v) is 4.28. The second-order valence-corrected chi connectivity index (χ2v) is 7.92. The minimum Gasteiger partial charge on any atom is -0.345 e. The van der Waals surface area contributed by atoms with E-state index in [0.29, 0.717) is 6.54 Å². The molecule has 1 aliphatic rings. The summed E-state index contributed by atoms with van der Waals surface area (Å²) < 4.78 is 22.6. The number of carbonyl (C=O) groups is 1. The van der Waals surface area contributed by atoms with Gasteiger partial charge in [-0.05, 0) is 6.92 Å². The van der Waals surface area contributed by atoms with Gasteiger partial charge in [-0.3, -0.25) is 4.79 Å². The van der Waals surface area contributed by atoms with Crippen LogP contribution < -0.4 is 0 Å². The first kappa shape index (κ1) is 15.2. The monoisotopic (exact) mass is 314 g/mol. The second-order valence-electron chi connectivity index (χ2n) is 5.05. The van der Waals surface area contributed by atoms with Crippen molar-refractivity contribution in [3.8, 4) is 0 Å². The summed E-state index contributed by atoms with van der Waals surface area (Å²) in [5.74, 6) is -0.139. The Morgan fingerprint density at radius 2 is 2.30 bits per heavy atom. The van der Waals surface area contributed by atoms with E-state index in [2.05, 4.69) is 4.98 Å². The van der Waals surface area contributed by atoms with Crippen molar-refractivity contribution >= 4 is 27.1 Å². The molecule has 0 bridgehead atoms. The van der Waals surface area contributed by atoms with Crippen molar-refractivity contribution in [3.05, 3.63) is 27.6 Å². The normalized spacial score (nSPS) is 20.2. The maximum Gasteiger partial charge on any atom is 0.222 e. The third-order valence-corrected chi connectivity index (χ3v) is 5.85. The van der Waals surface area contributed by atoms with Crippen molar-refractivity contribution in [3.63, 3.8) is 0 Å². The Morgan fingerprint density at radius 3 is 2.85 bits per heavy atom. The van der Waals surface area contributed by atoms with Crippen molar-refractivity contribution in [2.24, 2.45) is 5.92 Å². The number of hydrogen-bond acceptors (Lipinski definition) is 5. The van der Waals surface area contributed by atoms with Crippen LogP contribution in [0.5, 0.6) is 0 Å². The average molecular weight is 314 g/mol. The van der Waals surface area contributed by atoms with Gasteiger partial charge in [0.25, 0.3) is 0 Å². The van der Waals surface area contributed by atoms with Gasteiger partial charge in [0.05, 0.1) is 17.0 Å². The number of rotatable bonds is 5. The number of hydrogen-bond donors (Lipinski definition) is 0. The average Bonchev–Trinajstić information content (AvgIpc) is 2.92. The quantitative estimate of drug-likeness (QED) is 0.824. The lowest BCUT2D eigenvalue weighted by molar-refractivity contribution is -0.130. The van der Waals surface area contributed by atoms with Crippen LogP contribution in [0.2, 0.25) is 0 Å². The molecule has 2 heterocycles. The van der Waals surface area contributed by atoms with E-state index in [1.54, 1.807) is 34.9 Å². The van der Waals surface area contributed by atoms with Crippen LogP contribution in [0.25, 0.3) is 0 Å². The van der Waals surface area contributed by atoms with Gasteiger partial charge in [0.2, 0.25) is 5.91 Å².